The molecule has 17 nitrogen and oxygen atoms in total. The maximum absolute atomic E-state index is 14.2. The van der Waals surface area contributed by atoms with Gasteiger partial charge in [-0.1, -0.05) is 36.4 Å². The summed E-state index contributed by atoms with van der Waals surface area (Å²) in [7, 11) is 3.05. The van der Waals surface area contributed by atoms with E-state index in [9.17, 15) is 24.0 Å². The van der Waals surface area contributed by atoms with Crippen LogP contribution in [-0.2, 0) is 50.0 Å². The van der Waals surface area contributed by atoms with Gasteiger partial charge in [0.25, 0.3) is 23.6 Å². The molecule has 5 aliphatic rings. The van der Waals surface area contributed by atoms with Crippen molar-refractivity contribution in [2.75, 3.05) is 42.1 Å². The van der Waals surface area contributed by atoms with Crippen molar-refractivity contribution >= 4 is 70.5 Å². The Bertz CT molecular complexity index is 3000. The van der Waals surface area contributed by atoms with Gasteiger partial charge in [0.2, 0.25) is 0 Å². The Kier molecular flexibility index (Phi) is 13.7. The summed E-state index contributed by atoms with van der Waals surface area (Å²) in [6.07, 6.45) is 5.15. The van der Waals surface area contributed by atoms with Crippen LogP contribution in [0.4, 0.5) is 28.4 Å². The molecule has 0 aliphatic carbocycles. The molecule has 5 aliphatic heterocycles. The number of para-hydroxylation sites is 2. The van der Waals surface area contributed by atoms with E-state index in [-0.39, 0.29) is 56.4 Å². The second-order valence-corrected chi connectivity index (χ2v) is 20.8. The highest BCUT2D eigenvalue weighted by Crippen LogP contribution is 2.43. The van der Waals surface area contributed by atoms with Crippen molar-refractivity contribution in [3.8, 4) is 23.0 Å². The zero-order valence-electron chi connectivity index (χ0n) is 43.2. The summed E-state index contributed by atoms with van der Waals surface area (Å²) < 4.78 is 31.3. The number of methoxy groups -OCH3 is 2. The van der Waals surface area contributed by atoms with Crippen molar-refractivity contribution in [1.29, 1.82) is 0 Å². The summed E-state index contributed by atoms with van der Waals surface area (Å²) in [4.78, 5) is 86.6. The topological polar surface area (TPSA) is 178 Å². The third-order valence-corrected chi connectivity index (χ3v) is 13.9. The van der Waals surface area contributed by atoms with Gasteiger partial charge in [-0.3, -0.25) is 39.0 Å². The molecule has 0 radical (unpaired) electrons. The first-order chi connectivity index (χ1) is 36.0. The summed E-state index contributed by atoms with van der Waals surface area (Å²) in [6.45, 7) is 10.8. The van der Waals surface area contributed by atoms with E-state index in [0.29, 0.717) is 83.0 Å². The van der Waals surface area contributed by atoms with Crippen LogP contribution in [0.3, 0.4) is 0 Å². The molecule has 4 amide bonds. The number of carbonyl (C=O) groups is 5. The van der Waals surface area contributed by atoms with Crippen molar-refractivity contribution in [2.45, 2.75) is 110 Å². The zero-order chi connectivity index (χ0) is 52.8. The van der Waals surface area contributed by atoms with Gasteiger partial charge in [-0.2, -0.15) is 0 Å². The van der Waals surface area contributed by atoms with Crippen molar-refractivity contribution < 1.29 is 52.5 Å². The summed E-state index contributed by atoms with van der Waals surface area (Å²) in [5.41, 5.74) is 6.68. The highest BCUT2D eigenvalue weighted by molar-refractivity contribution is 6.16. The number of hydroxylamine groups is 2. The number of aliphatic imine (C=N–C) groups is 2. The fraction of sp³-hybridized carbons (Fsp3) is 0.362. The lowest BCUT2D eigenvalue weighted by Gasteiger charge is -2.42. The lowest BCUT2D eigenvalue weighted by Crippen LogP contribution is -2.49. The van der Waals surface area contributed by atoms with Crippen LogP contribution < -0.4 is 33.6 Å². The van der Waals surface area contributed by atoms with E-state index in [0.717, 1.165) is 39.3 Å². The molecule has 0 bridgehead atoms. The number of rotatable bonds is 17. The number of benzene rings is 5. The molecule has 388 valence electrons. The van der Waals surface area contributed by atoms with Gasteiger partial charge in [0.15, 0.2) is 23.0 Å². The normalized spacial score (nSPS) is 17.4. The Hall–Kier alpha value is -8.05. The van der Waals surface area contributed by atoms with E-state index in [1.54, 1.807) is 34.1 Å². The zero-order valence-corrected chi connectivity index (χ0v) is 43.2. The Morgan fingerprint density at radius 3 is 1.63 bits per heavy atom. The summed E-state index contributed by atoms with van der Waals surface area (Å²) >= 11 is 0. The number of hydrogen-bond acceptors (Lipinski definition) is 14. The highest BCUT2D eigenvalue weighted by Gasteiger charge is 2.39. The van der Waals surface area contributed by atoms with Gasteiger partial charge in [-0.05, 0) is 106 Å². The predicted octanol–water partition coefficient (Wildman–Crippen LogP) is 9.22. The summed E-state index contributed by atoms with van der Waals surface area (Å²) in [6, 6.07) is 28.1. The van der Waals surface area contributed by atoms with Gasteiger partial charge in [0.05, 0.1) is 66.6 Å². The lowest BCUT2D eigenvalue weighted by atomic mass is 9.99. The number of anilines is 3. The standard InChI is InChI=1S/C58H60N6O11/c1-57(2,3)74-34-58(4,5)61(20-12-17-54(67)75-64-52(65)18-19-53(64)66)39-22-35(32-72-50-28-44-42(26-48(50)70-6)55(68)62-40(30-59-44)24-37-13-8-10-15-46(37)62)21-36(23-39)33-73-51-29-45-43(27-49(51)71-7)56(69)63-41(31-60-45)25-38-14-9-11-16-47(38)63/h8-11,13-16,21-23,26-31,40-41H,12,17-20,24-25,32-34H2,1-7H3/t40-,41-/m0/s1. The second kappa shape index (κ2) is 20.3. The molecule has 0 spiro atoms. The lowest BCUT2D eigenvalue weighted by molar-refractivity contribution is -0.197. The molecule has 0 saturated carbocycles. The molecule has 0 N–H and O–H groups in total. The molecule has 0 aromatic heterocycles. The second-order valence-electron chi connectivity index (χ2n) is 20.8. The molecule has 1 fully saturated rings. The van der Waals surface area contributed by atoms with Crippen LogP contribution in [0.1, 0.15) is 103 Å². The van der Waals surface area contributed by atoms with E-state index in [1.165, 1.54) is 14.2 Å². The van der Waals surface area contributed by atoms with Crippen molar-refractivity contribution in [2.24, 2.45) is 9.98 Å². The van der Waals surface area contributed by atoms with Gasteiger partial charge < -0.3 is 33.4 Å². The first-order valence-corrected chi connectivity index (χ1v) is 25.2. The predicted molar refractivity (Wildman–Crippen MR) is 282 cm³/mol. The minimum atomic E-state index is -0.699. The Morgan fingerprint density at radius 1 is 0.653 bits per heavy atom. The minimum Gasteiger partial charge on any atom is -0.493 e. The molecule has 0 unspecified atom stereocenters. The third kappa shape index (κ3) is 10.3. The fourth-order valence-corrected chi connectivity index (χ4v) is 10.2. The Morgan fingerprint density at radius 2 is 1.15 bits per heavy atom. The largest absolute Gasteiger partial charge is 0.493 e. The molecule has 1 saturated heterocycles. The SMILES string of the molecule is COc1cc2c(cc1OCc1cc(COc3cc4c(cc3OC)C(=O)N3c5ccccc5C[C@H]3C=N4)cc(N(CCCC(=O)ON3C(=O)CCC3=O)C(C)(C)COC(C)(C)C)c1)N=C[C@@H]1Cc3ccccc3N1C2=O. The first-order valence-electron chi connectivity index (χ1n) is 25.2. The molecule has 75 heavy (non-hydrogen) atoms. The van der Waals surface area contributed by atoms with E-state index >= 15 is 0 Å². The van der Waals surface area contributed by atoms with Crippen molar-refractivity contribution in [1.82, 2.24) is 5.06 Å². The number of amides is 4. The average Bonchev–Trinajstić information content (AvgIpc) is 4.01. The van der Waals surface area contributed by atoms with Gasteiger partial charge in [0, 0.05) is 80.3 Å². The van der Waals surface area contributed by atoms with E-state index in [4.69, 9.17) is 38.5 Å². The molecule has 10 rings (SSSR count). The van der Waals surface area contributed by atoms with Gasteiger partial charge >= 0.3 is 5.97 Å². The van der Waals surface area contributed by atoms with Crippen molar-refractivity contribution in [3.05, 3.63) is 124 Å². The fourth-order valence-electron chi connectivity index (χ4n) is 10.2. The van der Waals surface area contributed by atoms with Gasteiger partial charge in [0.1, 0.15) is 13.2 Å². The van der Waals surface area contributed by atoms with E-state index in [1.807, 2.05) is 99.9 Å². The van der Waals surface area contributed by atoms with Crippen LogP contribution in [0.25, 0.3) is 0 Å². The summed E-state index contributed by atoms with van der Waals surface area (Å²) in [5, 5.41) is 0.563. The Balaban J connectivity index is 0.966. The molecule has 17 heteroatoms. The Labute approximate surface area is 435 Å². The highest BCUT2D eigenvalue weighted by atomic mass is 16.7. The van der Waals surface area contributed by atoms with E-state index < -0.39 is 28.9 Å². The number of imide groups is 1. The number of fused-ring (bicyclic) bond motifs is 8. The van der Waals surface area contributed by atoms with Crippen molar-refractivity contribution in [3.63, 3.8) is 0 Å². The molecular formula is C58H60N6O11. The van der Waals surface area contributed by atoms with Crippen LogP contribution in [0.5, 0.6) is 23.0 Å². The van der Waals surface area contributed by atoms with Crippen LogP contribution in [-0.4, -0.2) is 97.7 Å². The monoisotopic (exact) mass is 1020 g/mol. The molecule has 5 heterocycles. The van der Waals surface area contributed by atoms with Crippen LogP contribution >= 0.6 is 0 Å². The molecule has 5 aromatic carbocycles. The number of ether oxygens (including phenoxy) is 5. The maximum atomic E-state index is 14.2. The number of nitrogens with zero attached hydrogens (tertiary/aromatic N) is 6. The van der Waals surface area contributed by atoms with Crippen LogP contribution in [0, 0.1) is 0 Å². The number of hydrogen-bond donors (Lipinski definition) is 0. The first kappa shape index (κ1) is 50.5. The minimum absolute atomic E-state index is 0.00307. The molecular weight excluding hydrogens is 957 g/mol. The number of carbonyl (C=O) groups excluding carboxylic acids is 5. The smallest absolute Gasteiger partial charge is 0.333 e. The molecule has 5 aromatic rings. The van der Waals surface area contributed by atoms with Crippen LogP contribution in [0.2, 0.25) is 0 Å². The summed E-state index contributed by atoms with van der Waals surface area (Å²) in [5.74, 6) is -0.677. The van der Waals surface area contributed by atoms with E-state index in [2.05, 4.69) is 18.7 Å². The maximum Gasteiger partial charge on any atom is 0.333 e. The van der Waals surface area contributed by atoms with Crippen LogP contribution in [0.15, 0.2) is 101 Å². The van der Waals surface area contributed by atoms with Gasteiger partial charge in [-0.15, -0.1) is 5.06 Å². The van der Waals surface area contributed by atoms with Gasteiger partial charge in [-0.25, -0.2) is 4.79 Å². The average molecular weight is 1020 g/mol. The quantitative estimate of drug-likeness (QED) is 0.0808. The third-order valence-electron chi connectivity index (χ3n) is 13.9. The molecule has 2 atom stereocenters.